The maximum atomic E-state index is 10.1. The molecule has 0 aromatic carbocycles. The zero-order valence-electron chi connectivity index (χ0n) is 10.2. The summed E-state index contributed by atoms with van der Waals surface area (Å²) in [5.74, 6) is 0. The van der Waals surface area contributed by atoms with Gasteiger partial charge in [0.2, 0.25) is 0 Å². The Labute approximate surface area is 93.6 Å². The summed E-state index contributed by atoms with van der Waals surface area (Å²) in [4.78, 5) is 2.43. The van der Waals surface area contributed by atoms with Gasteiger partial charge in [-0.3, -0.25) is 4.90 Å². The largest absolute Gasteiger partial charge is 0.389 e. The summed E-state index contributed by atoms with van der Waals surface area (Å²) in [6.45, 7) is 6.66. The lowest BCUT2D eigenvalue weighted by molar-refractivity contribution is -0.00716. The first-order valence-electron chi connectivity index (χ1n) is 6.25. The first kappa shape index (κ1) is 12.9. The van der Waals surface area contributed by atoms with Crippen molar-refractivity contribution in [2.24, 2.45) is 5.73 Å². The van der Waals surface area contributed by atoms with E-state index in [0.717, 1.165) is 32.5 Å². The van der Waals surface area contributed by atoms with Crippen molar-refractivity contribution in [3.8, 4) is 0 Å². The van der Waals surface area contributed by atoms with Crippen LogP contribution in [0.25, 0.3) is 0 Å². The average molecular weight is 214 g/mol. The third-order valence-corrected chi connectivity index (χ3v) is 3.55. The Balaban J connectivity index is 2.48. The van der Waals surface area contributed by atoms with Gasteiger partial charge >= 0.3 is 0 Å². The molecular formula is C12H26N2O. The molecule has 0 bridgehead atoms. The van der Waals surface area contributed by atoms with Gasteiger partial charge in [-0.25, -0.2) is 0 Å². The molecule has 3 nitrogen and oxygen atoms in total. The third kappa shape index (κ3) is 4.09. The molecule has 0 spiro atoms. The van der Waals surface area contributed by atoms with E-state index in [1.165, 1.54) is 19.3 Å². The van der Waals surface area contributed by atoms with E-state index >= 15 is 0 Å². The van der Waals surface area contributed by atoms with Gasteiger partial charge in [0.25, 0.3) is 0 Å². The number of β-amino-alcohol motifs (C(OH)–C–C–N with tert-alkyl or cyclic N) is 1. The molecule has 1 saturated heterocycles. The minimum atomic E-state index is -0.538. The number of piperidine rings is 1. The Hall–Kier alpha value is -0.120. The van der Waals surface area contributed by atoms with Crippen molar-refractivity contribution in [3.05, 3.63) is 0 Å². The highest BCUT2D eigenvalue weighted by Gasteiger charge is 2.28. The van der Waals surface area contributed by atoms with Crippen molar-refractivity contribution in [1.29, 1.82) is 0 Å². The van der Waals surface area contributed by atoms with E-state index in [-0.39, 0.29) is 0 Å². The smallest absolute Gasteiger partial charge is 0.0743 e. The zero-order chi connectivity index (χ0) is 11.3. The van der Waals surface area contributed by atoms with Gasteiger partial charge in [0.1, 0.15) is 0 Å². The van der Waals surface area contributed by atoms with Crippen LogP contribution >= 0.6 is 0 Å². The second kappa shape index (κ2) is 5.83. The Morgan fingerprint density at radius 3 is 2.80 bits per heavy atom. The van der Waals surface area contributed by atoms with Gasteiger partial charge in [-0.1, -0.05) is 13.3 Å². The van der Waals surface area contributed by atoms with E-state index in [1.807, 2.05) is 13.8 Å². The molecule has 0 amide bonds. The summed E-state index contributed by atoms with van der Waals surface area (Å²) in [5, 5.41) is 10.1. The molecule has 1 aliphatic rings. The standard InChI is InChI=1S/C12H26N2O/c1-3-12(2,15)10-14-9-5-4-6-11(14)7-8-13/h11,15H,3-10,13H2,1-2H3. The minimum absolute atomic E-state index is 0.538. The first-order chi connectivity index (χ1) is 7.09. The normalized spacial score (nSPS) is 27.6. The molecule has 1 rings (SSSR count). The molecule has 1 heterocycles. The minimum Gasteiger partial charge on any atom is -0.389 e. The molecule has 15 heavy (non-hydrogen) atoms. The molecule has 90 valence electrons. The van der Waals surface area contributed by atoms with Gasteiger partial charge in [0, 0.05) is 12.6 Å². The summed E-state index contributed by atoms with van der Waals surface area (Å²) >= 11 is 0. The SMILES string of the molecule is CCC(C)(O)CN1CCCCC1CCN. The van der Waals surface area contributed by atoms with Gasteiger partial charge in [-0.2, -0.15) is 0 Å². The molecule has 2 atom stereocenters. The van der Waals surface area contributed by atoms with Crippen LogP contribution in [0.3, 0.4) is 0 Å². The molecule has 1 fully saturated rings. The number of nitrogens with two attached hydrogens (primary N) is 1. The highest BCUT2D eigenvalue weighted by atomic mass is 16.3. The van der Waals surface area contributed by atoms with Gasteiger partial charge in [-0.05, 0) is 45.7 Å². The number of aliphatic hydroxyl groups is 1. The van der Waals surface area contributed by atoms with Gasteiger partial charge in [0.05, 0.1) is 5.60 Å². The van der Waals surface area contributed by atoms with Crippen LogP contribution < -0.4 is 5.73 Å². The van der Waals surface area contributed by atoms with Crippen LogP contribution in [-0.4, -0.2) is 41.3 Å². The second-order valence-corrected chi connectivity index (χ2v) is 5.05. The maximum absolute atomic E-state index is 10.1. The molecule has 3 heteroatoms. The highest BCUT2D eigenvalue weighted by molar-refractivity contribution is 4.83. The maximum Gasteiger partial charge on any atom is 0.0743 e. The van der Waals surface area contributed by atoms with Crippen molar-refractivity contribution >= 4 is 0 Å². The summed E-state index contributed by atoms with van der Waals surface area (Å²) in [6, 6.07) is 0.599. The number of rotatable bonds is 5. The number of nitrogens with zero attached hydrogens (tertiary/aromatic N) is 1. The average Bonchev–Trinajstić information content (AvgIpc) is 2.21. The summed E-state index contributed by atoms with van der Waals surface area (Å²) in [7, 11) is 0. The molecule has 0 aromatic heterocycles. The summed E-state index contributed by atoms with van der Waals surface area (Å²) < 4.78 is 0. The van der Waals surface area contributed by atoms with Crippen LogP contribution in [0.4, 0.5) is 0 Å². The topological polar surface area (TPSA) is 49.5 Å². The van der Waals surface area contributed by atoms with Gasteiger partial charge < -0.3 is 10.8 Å². The van der Waals surface area contributed by atoms with E-state index in [9.17, 15) is 5.11 Å². The zero-order valence-corrected chi connectivity index (χ0v) is 10.2. The number of hydrogen-bond acceptors (Lipinski definition) is 3. The Bertz CT molecular complexity index is 180. The van der Waals surface area contributed by atoms with Gasteiger partial charge in [0.15, 0.2) is 0 Å². The quantitative estimate of drug-likeness (QED) is 0.726. The van der Waals surface area contributed by atoms with E-state index in [1.54, 1.807) is 0 Å². The van der Waals surface area contributed by atoms with Crippen LogP contribution in [0.1, 0.15) is 46.0 Å². The van der Waals surface area contributed by atoms with Crippen molar-refractivity contribution in [3.63, 3.8) is 0 Å². The molecule has 0 aliphatic carbocycles. The highest BCUT2D eigenvalue weighted by Crippen LogP contribution is 2.22. The van der Waals surface area contributed by atoms with Crippen LogP contribution in [-0.2, 0) is 0 Å². The molecular weight excluding hydrogens is 188 g/mol. The Morgan fingerprint density at radius 1 is 1.47 bits per heavy atom. The summed E-state index contributed by atoms with van der Waals surface area (Å²) in [6.07, 6.45) is 5.71. The monoisotopic (exact) mass is 214 g/mol. The van der Waals surface area contributed by atoms with Crippen LogP contribution in [0.5, 0.6) is 0 Å². The lowest BCUT2D eigenvalue weighted by Gasteiger charge is -2.39. The summed E-state index contributed by atoms with van der Waals surface area (Å²) in [5.41, 5.74) is 5.09. The van der Waals surface area contributed by atoms with Crippen molar-refractivity contribution in [2.75, 3.05) is 19.6 Å². The number of likely N-dealkylation sites (tertiary alicyclic amines) is 1. The number of hydrogen-bond donors (Lipinski definition) is 2. The van der Waals surface area contributed by atoms with E-state index in [4.69, 9.17) is 5.73 Å². The van der Waals surface area contributed by atoms with E-state index in [0.29, 0.717) is 6.04 Å². The Kier molecular flexibility index (Phi) is 5.03. The fourth-order valence-corrected chi connectivity index (χ4v) is 2.34. The van der Waals surface area contributed by atoms with Crippen molar-refractivity contribution < 1.29 is 5.11 Å². The lowest BCUT2D eigenvalue weighted by Crippen LogP contribution is -2.48. The second-order valence-electron chi connectivity index (χ2n) is 5.05. The lowest BCUT2D eigenvalue weighted by atomic mass is 9.95. The first-order valence-corrected chi connectivity index (χ1v) is 6.25. The molecule has 0 aromatic rings. The van der Waals surface area contributed by atoms with Crippen LogP contribution in [0.2, 0.25) is 0 Å². The van der Waals surface area contributed by atoms with Crippen molar-refractivity contribution in [1.82, 2.24) is 4.90 Å². The van der Waals surface area contributed by atoms with Crippen molar-refractivity contribution in [2.45, 2.75) is 57.6 Å². The van der Waals surface area contributed by atoms with E-state index < -0.39 is 5.60 Å². The van der Waals surface area contributed by atoms with E-state index in [2.05, 4.69) is 4.90 Å². The predicted molar refractivity (Wildman–Crippen MR) is 63.8 cm³/mol. The fraction of sp³-hybridized carbons (Fsp3) is 1.00. The molecule has 0 saturated carbocycles. The molecule has 2 unspecified atom stereocenters. The molecule has 3 N–H and O–H groups in total. The molecule has 0 radical (unpaired) electrons. The molecule has 1 aliphatic heterocycles. The van der Waals surface area contributed by atoms with Crippen LogP contribution in [0.15, 0.2) is 0 Å². The Morgan fingerprint density at radius 2 is 2.20 bits per heavy atom. The van der Waals surface area contributed by atoms with Gasteiger partial charge in [-0.15, -0.1) is 0 Å². The predicted octanol–water partition coefficient (Wildman–Crippen LogP) is 1.35. The fourth-order valence-electron chi connectivity index (χ4n) is 2.34. The third-order valence-electron chi connectivity index (χ3n) is 3.55. The van der Waals surface area contributed by atoms with Crippen LogP contribution in [0, 0.1) is 0 Å².